The van der Waals surface area contributed by atoms with Crippen molar-refractivity contribution in [3.8, 4) is 28.7 Å². The van der Waals surface area contributed by atoms with Crippen LogP contribution in [0.15, 0.2) is 35.5 Å². The third-order valence-electron chi connectivity index (χ3n) is 7.18. The molecule has 10 heteroatoms. The van der Waals surface area contributed by atoms with E-state index >= 15 is 0 Å². The van der Waals surface area contributed by atoms with Crippen molar-refractivity contribution in [2.75, 3.05) is 35.0 Å². The Hall–Kier alpha value is -3.66. The van der Waals surface area contributed by atoms with E-state index in [2.05, 4.69) is 39.0 Å². The fraction of sp³-hybridized carbons (Fsp3) is 0.448. The van der Waals surface area contributed by atoms with Gasteiger partial charge in [0.1, 0.15) is 5.75 Å². The molecule has 1 aliphatic rings. The van der Waals surface area contributed by atoms with Crippen LogP contribution in [0.4, 0.5) is 0 Å². The Labute approximate surface area is 231 Å². The molecule has 2 aromatic rings. The van der Waals surface area contributed by atoms with Crippen molar-refractivity contribution in [1.29, 1.82) is 0 Å². The predicted octanol–water partition coefficient (Wildman–Crippen LogP) is 5.94. The number of rotatable bonds is 10. The summed E-state index contributed by atoms with van der Waals surface area (Å²) in [6.45, 7) is 10.4. The molecule has 0 radical (unpaired) electrons. The van der Waals surface area contributed by atoms with Crippen LogP contribution in [0.1, 0.15) is 43.9 Å². The zero-order valence-electron chi connectivity index (χ0n) is 24.3. The molecule has 1 N–H and O–H groups in total. The first-order chi connectivity index (χ1) is 18.4. The fourth-order valence-corrected chi connectivity index (χ4v) is 5.12. The number of nitrogens with zero attached hydrogens (tertiary/aromatic N) is 1. The molecular formula is C29H39NO8Si. The molecule has 1 aliphatic carbocycles. The van der Waals surface area contributed by atoms with Crippen LogP contribution in [0.25, 0.3) is 5.57 Å². The molecule has 0 unspecified atom stereocenters. The minimum absolute atomic E-state index is 0.0131. The molecule has 3 rings (SSSR count). The maximum absolute atomic E-state index is 11.0. The first-order valence-corrected chi connectivity index (χ1v) is 15.6. The van der Waals surface area contributed by atoms with Crippen molar-refractivity contribution in [1.82, 2.24) is 0 Å². The summed E-state index contributed by atoms with van der Waals surface area (Å²) < 4.78 is 29.4. The van der Waals surface area contributed by atoms with Gasteiger partial charge in [0.15, 0.2) is 17.2 Å². The lowest BCUT2D eigenvalue weighted by Crippen LogP contribution is -2.43. The highest BCUT2D eigenvalue weighted by Crippen LogP contribution is 2.47. The highest BCUT2D eigenvalue weighted by Gasteiger charge is 2.39. The Bertz CT molecular complexity index is 1280. The molecule has 0 spiro atoms. The maximum Gasteiger partial charge on any atom is 0.344 e. The van der Waals surface area contributed by atoms with Crippen LogP contribution in [-0.2, 0) is 16.1 Å². The van der Waals surface area contributed by atoms with Crippen LogP contribution in [0.5, 0.6) is 28.7 Å². The Morgan fingerprint density at radius 3 is 2.15 bits per heavy atom. The van der Waals surface area contributed by atoms with E-state index in [1.54, 1.807) is 28.4 Å². The quantitative estimate of drug-likeness (QED) is 0.283. The number of carboxylic acids is 1. The largest absolute Gasteiger partial charge is 0.541 e. The van der Waals surface area contributed by atoms with Crippen molar-refractivity contribution in [3.05, 3.63) is 47.0 Å². The lowest BCUT2D eigenvalue weighted by molar-refractivity contribution is -0.142. The zero-order valence-corrected chi connectivity index (χ0v) is 25.3. The van der Waals surface area contributed by atoms with Crippen LogP contribution in [-0.4, -0.2) is 60.2 Å². The summed E-state index contributed by atoms with van der Waals surface area (Å²) in [6.07, 6.45) is 2.94. The number of hydrogen-bond donors (Lipinski definition) is 1. The van der Waals surface area contributed by atoms with Crippen LogP contribution < -0.4 is 23.4 Å². The standard InChI is InChI=1S/C29H39NO8Si/c1-29(2,3)39(8,9)38-24-14-18(10-13-23(24)33-4)21-15-19(30-37-17-26(31)32)11-12-20-22(21)16-25(34-5)28(36-7)27(20)35-6/h10,13-16H,11-12,17H2,1-9H3,(H,31,32)/b30-19+. The van der Waals surface area contributed by atoms with E-state index < -0.39 is 20.9 Å². The van der Waals surface area contributed by atoms with Gasteiger partial charge >= 0.3 is 5.97 Å². The predicted molar refractivity (Wildman–Crippen MR) is 153 cm³/mol. The van der Waals surface area contributed by atoms with E-state index in [1.807, 2.05) is 30.3 Å². The average Bonchev–Trinajstić information content (AvgIpc) is 3.05. The average molecular weight is 558 g/mol. The van der Waals surface area contributed by atoms with Crippen molar-refractivity contribution >= 4 is 25.6 Å². The second kappa shape index (κ2) is 12.0. The number of allylic oxidation sites excluding steroid dienone is 1. The lowest BCUT2D eigenvalue weighted by Gasteiger charge is -2.37. The van der Waals surface area contributed by atoms with Gasteiger partial charge in [0.05, 0.1) is 34.2 Å². The van der Waals surface area contributed by atoms with Crippen LogP contribution >= 0.6 is 0 Å². The fourth-order valence-electron chi connectivity index (χ4n) is 4.11. The molecule has 0 aromatic heterocycles. The maximum atomic E-state index is 11.0. The van der Waals surface area contributed by atoms with Gasteiger partial charge in [-0.3, -0.25) is 0 Å². The normalized spacial score (nSPS) is 14.6. The van der Waals surface area contributed by atoms with Crippen molar-refractivity contribution in [2.24, 2.45) is 5.16 Å². The van der Waals surface area contributed by atoms with E-state index in [4.69, 9.17) is 33.3 Å². The number of oxime groups is 1. The smallest absolute Gasteiger partial charge is 0.344 e. The lowest BCUT2D eigenvalue weighted by atomic mass is 9.92. The number of fused-ring (bicyclic) bond motifs is 1. The Morgan fingerprint density at radius 1 is 0.923 bits per heavy atom. The van der Waals surface area contributed by atoms with E-state index in [-0.39, 0.29) is 5.04 Å². The second-order valence-corrected chi connectivity index (χ2v) is 15.4. The van der Waals surface area contributed by atoms with Gasteiger partial charge in [0.2, 0.25) is 12.4 Å². The van der Waals surface area contributed by atoms with Gasteiger partial charge in [-0.25, -0.2) is 4.79 Å². The topological polar surface area (TPSA) is 105 Å². The summed E-state index contributed by atoms with van der Waals surface area (Å²) in [5, 5.41) is 13.1. The Balaban J connectivity index is 2.27. The Morgan fingerprint density at radius 2 is 1.59 bits per heavy atom. The summed E-state index contributed by atoms with van der Waals surface area (Å²) >= 11 is 0. The molecule has 0 amide bonds. The number of methoxy groups -OCH3 is 4. The van der Waals surface area contributed by atoms with Gasteiger partial charge in [0, 0.05) is 5.56 Å². The molecule has 0 saturated heterocycles. The van der Waals surface area contributed by atoms with Gasteiger partial charge < -0.3 is 33.3 Å². The van der Waals surface area contributed by atoms with Gasteiger partial charge in [0.25, 0.3) is 8.32 Å². The Kier molecular flexibility index (Phi) is 9.21. The molecule has 0 fully saturated rings. The molecular weight excluding hydrogens is 518 g/mol. The SMILES string of the molecule is COc1ccc(C2=C/C(=N/OCC(=O)O)CCc3c2cc(OC)c(OC)c3OC)cc1O[Si](C)(C)C(C)(C)C. The highest BCUT2D eigenvalue weighted by molar-refractivity contribution is 6.74. The molecule has 2 aromatic carbocycles. The summed E-state index contributed by atoms with van der Waals surface area (Å²) in [6, 6.07) is 7.73. The van der Waals surface area contributed by atoms with E-state index in [1.165, 1.54) is 0 Å². The zero-order chi connectivity index (χ0) is 29.0. The van der Waals surface area contributed by atoms with Crippen molar-refractivity contribution in [2.45, 2.75) is 51.7 Å². The molecule has 0 heterocycles. The van der Waals surface area contributed by atoms with Crippen molar-refractivity contribution in [3.63, 3.8) is 0 Å². The second-order valence-electron chi connectivity index (χ2n) is 10.7. The first-order valence-electron chi connectivity index (χ1n) is 12.7. The minimum atomic E-state index is -2.19. The molecule has 39 heavy (non-hydrogen) atoms. The summed E-state index contributed by atoms with van der Waals surface area (Å²) in [5.41, 5.74) is 4.05. The highest BCUT2D eigenvalue weighted by atomic mass is 28.4. The molecule has 0 saturated carbocycles. The molecule has 0 atom stereocenters. The third-order valence-corrected chi connectivity index (χ3v) is 11.5. The van der Waals surface area contributed by atoms with Gasteiger partial charge in [-0.15, -0.1) is 0 Å². The number of hydrogen-bond acceptors (Lipinski definition) is 8. The monoisotopic (exact) mass is 557 g/mol. The van der Waals surface area contributed by atoms with Crippen LogP contribution in [0, 0.1) is 0 Å². The van der Waals surface area contributed by atoms with E-state index in [0.717, 1.165) is 22.3 Å². The number of carbonyl (C=O) groups is 1. The number of benzene rings is 2. The molecule has 0 aliphatic heterocycles. The van der Waals surface area contributed by atoms with Crippen LogP contribution in [0.3, 0.4) is 0 Å². The molecule has 0 bridgehead atoms. The minimum Gasteiger partial charge on any atom is -0.541 e. The van der Waals surface area contributed by atoms with E-state index in [9.17, 15) is 4.79 Å². The first kappa shape index (κ1) is 29.9. The summed E-state index contributed by atoms with van der Waals surface area (Å²) in [4.78, 5) is 16.1. The van der Waals surface area contributed by atoms with E-state index in [0.29, 0.717) is 47.3 Å². The van der Waals surface area contributed by atoms with Crippen molar-refractivity contribution < 1.29 is 38.1 Å². The third kappa shape index (κ3) is 6.50. The van der Waals surface area contributed by atoms with Gasteiger partial charge in [-0.2, -0.15) is 0 Å². The van der Waals surface area contributed by atoms with Crippen LogP contribution in [0.2, 0.25) is 18.1 Å². The number of ether oxygens (including phenoxy) is 4. The van der Waals surface area contributed by atoms with Gasteiger partial charge in [-0.05, 0) is 71.9 Å². The molecule has 9 nitrogen and oxygen atoms in total. The number of aliphatic carboxylic acids is 1. The number of carboxylic acid groups (broad SMARTS) is 1. The van der Waals surface area contributed by atoms with Gasteiger partial charge in [-0.1, -0.05) is 32.0 Å². The summed E-state index contributed by atoms with van der Waals surface area (Å²) in [5.74, 6) is 1.78. The molecule has 212 valence electrons. The summed E-state index contributed by atoms with van der Waals surface area (Å²) in [7, 11) is 4.18.